The quantitative estimate of drug-likeness (QED) is 0.910. The highest BCUT2D eigenvalue weighted by Gasteiger charge is 2.31. The number of nitrogens with one attached hydrogen (secondary N) is 1. The van der Waals surface area contributed by atoms with Crippen molar-refractivity contribution in [3.63, 3.8) is 0 Å². The van der Waals surface area contributed by atoms with Gasteiger partial charge in [-0.2, -0.15) is 0 Å². The number of anilines is 1. The van der Waals surface area contributed by atoms with Gasteiger partial charge in [0.05, 0.1) is 11.3 Å². The fourth-order valence-corrected chi connectivity index (χ4v) is 2.80. The number of pyridine rings is 1. The molecule has 0 radical (unpaired) electrons. The fraction of sp³-hybridized carbons (Fsp3) is 0.600. The standard InChI is InChI=1S/C15H23N3O/c1-5-16-14-7-11(3)17-8-13(14)15(19)18-9-10(2)6-12(18)4/h7-8,10,12H,5-6,9H2,1-4H3,(H,16,17). The first-order chi connectivity index (χ1) is 9.02. The van der Waals surface area contributed by atoms with Crippen LogP contribution >= 0.6 is 0 Å². The van der Waals surface area contributed by atoms with E-state index in [0.717, 1.165) is 30.9 Å². The van der Waals surface area contributed by atoms with Gasteiger partial charge in [0.2, 0.25) is 0 Å². The lowest BCUT2D eigenvalue weighted by Crippen LogP contribution is -2.34. The monoisotopic (exact) mass is 261 g/mol. The fourth-order valence-electron chi connectivity index (χ4n) is 2.80. The molecule has 19 heavy (non-hydrogen) atoms. The molecule has 1 aliphatic heterocycles. The zero-order valence-electron chi connectivity index (χ0n) is 12.2. The number of nitrogens with zero attached hydrogens (tertiary/aromatic N) is 2. The second-order valence-electron chi connectivity index (χ2n) is 5.55. The Kier molecular flexibility index (Phi) is 4.08. The third kappa shape index (κ3) is 2.88. The van der Waals surface area contributed by atoms with Gasteiger partial charge < -0.3 is 10.2 Å². The molecule has 1 amide bonds. The smallest absolute Gasteiger partial charge is 0.257 e. The Hall–Kier alpha value is -1.58. The van der Waals surface area contributed by atoms with E-state index in [1.165, 1.54) is 0 Å². The second kappa shape index (κ2) is 5.59. The van der Waals surface area contributed by atoms with Gasteiger partial charge in [0.1, 0.15) is 0 Å². The van der Waals surface area contributed by atoms with Gasteiger partial charge in [-0.25, -0.2) is 0 Å². The molecule has 104 valence electrons. The first kappa shape index (κ1) is 13.8. The maximum Gasteiger partial charge on any atom is 0.257 e. The summed E-state index contributed by atoms with van der Waals surface area (Å²) < 4.78 is 0. The Bertz CT molecular complexity index is 472. The van der Waals surface area contributed by atoms with Gasteiger partial charge in [0.25, 0.3) is 5.91 Å². The normalized spacial score (nSPS) is 22.6. The number of aryl methyl sites for hydroxylation is 1. The Labute approximate surface area is 115 Å². The minimum absolute atomic E-state index is 0.0975. The van der Waals surface area contributed by atoms with E-state index < -0.39 is 0 Å². The SMILES string of the molecule is CCNc1cc(C)ncc1C(=O)N1CC(C)CC1C. The van der Waals surface area contributed by atoms with Crippen LogP contribution in [0.25, 0.3) is 0 Å². The van der Waals surface area contributed by atoms with Crippen molar-refractivity contribution in [2.75, 3.05) is 18.4 Å². The van der Waals surface area contributed by atoms with Gasteiger partial charge in [0.15, 0.2) is 0 Å². The summed E-state index contributed by atoms with van der Waals surface area (Å²) in [5, 5.41) is 3.26. The molecule has 1 saturated heterocycles. The average Bonchev–Trinajstić information content (AvgIpc) is 2.68. The molecule has 4 nitrogen and oxygen atoms in total. The van der Waals surface area contributed by atoms with Gasteiger partial charge in [-0.15, -0.1) is 0 Å². The first-order valence-corrected chi connectivity index (χ1v) is 7.04. The van der Waals surface area contributed by atoms with E-state index in [4.69, 9.17) is 0 Å². The summed E-state index contributed by atoms with van der Waals surface area (Å²) in [6, 6.07) is 2.26. The highest BCUT2D eigenvalue weighted by Crippen LogP contribution is 2.26. The molecule has 1 aromatic rings. The number of likely N-dealkylation sites (tertiary alicyclic amines) is 1. The van der Waals surface area contributed by atoms with Crippen LogP contribution < -0.4 is 5.32 Å². The summed E-state index contributed by atoms with van der Waals surface area (Å²) in [6.45, 7) is 9.94. The van der Waals surface area contributed by atoms with Crippen molar-refractivity contribution >= 4 is 11.6 Å². The summed E-state index contributed by atoms with van der Waals surface area (Å²) in [6.07, 6.45) is 2.78. The van der Waals surface area contributed by atoms with Crippen LogP contribution in [0.2, 0.25) is 0 Å². The minimum Gasteiger partial charge on any atom is -0.385 e. The highest BCUT2D eigenvalue weighted by atomic mass is 16.2. The number of hydrogen-bond acceptors (Lipinski definition) is 3. The number of hydrogen-bond donors (Lipinski definition) is 1. The van der Waals surface area contributed by atoms with Crippen LogP contribution in [0.3, 0.4) is 0 Å². The predicted molar refractivity (Wildman–Crippen MR) is 77.4 cm³/mol. The minimum atomic E-state index is 0.0975. The number of rotatable bonds is 3. The van der Waals surface area contributed by atoms with Crippen LogP contribution in [0.4, 0.5) is 5.69 Å². The van der Waals surface area contributed by atoms with E-state index in [1.807, 2.05) is 24.8 Å². The molecule has 1 aromatic heterocycles. The van der Waals surface area contributed by atoms with Crippen molar-refractivity contribution in [3.8, 4) is 0 Å². The molecule has 0 spiro atoms. The van der Waals surface area contributed by atoms with E-state index in [2.05, 4.69) is 24.1 Å². The predicted octanol–water partition coefficient (Wildman–Crippen LogP) is 2.69. The average molecular weight is 261 g/mol. The molecular weight excluding hydrogens is 238 g/mol. The van der Waals surface area contributed by atoms with Gasteiger partial charge in [-0.1, -0.05) is 6.92 Å². The van der Waals surface area contributed by atoms with Gasteiger partial charge >= 0.3 is 0 Å². The van der Waals surface area contributed by atoms with Crippen molar-refractivity contribution in [2.45, 2.75) is 40.2 Å². The molecule has 1 N–H and O–H groups in total. The summed E-state index contributed by atoms with van der Waals surface area (Å²) in [4.78, 5) is 18.9. The van der Waals surface area contributed by atoms with E-state index in [-0.39, 0.29) is 5.91 Å². The summed E-state index contributed by atoms with van der Waals surface area (Å²) in [5.41, 5.74) is 2.51. The Balaban J connectivity index is 2.28. The molecule has 1 aliphatic rings. The van der Waals surface area contributed by atoms with E-state index >= 15 is 0 Å². The largest absolute Gasteiger partial charge is 0.385 e. The number of carbonyl (C=O) groups excluding carboxylic acids is 1. The van der Waals surface area contributed by atoms with Gasteiger partial charge in [-0.05, 0) is 39.2 Å². The van der Waals surface area contributed by atoms with E-state index in [0.29, 0.717) is 17.5 Å². The maximum absolute atomic E-state index is 12.7. The highest BCUT2D eigenvalue weighted by molar-refractivity contribution is 5.99. The van der Waals surface area contributed by atoms with Gasteiger partial charge in [-0.3, -0.25) is 9.78 Å². The Morgan fingerprint density at radius 1 is 1.53 bits per heavy atom. The van der Waals surface area contributed by atoms with Crippen LogP contribution in [0.5, 0.6) is 0 Å². The molecule has 4 heteroatoms. The molecule has 2 unspecified atom stereocenters. The van der Waals surface area contributed by atoms with Crippen LogP contribution in [0, 0.1) is 12.8 Å². The number of aromatic nitrogens is 1. The molecular formula is C15H23N3O. The molecule has 2 atom stereocenters. The molecule has 2 heterocycles. The van der Waals surface area contributed by atoms with Crippen molar-refractivity contribution in [3.05, 3.63) is 23.5 Å². The van der Waals surface area contributed by atoms with Crippen molar-refractivity contribution in [1.29, 1.82) is 0 Å². The molecule has 0 bridgehead atoms. The Morgan fingerprint density at radius 3 is 2.84 bits per heavy atom. The van der Waals surface area contributed by atoms with Crippen LogP contribution in [0.1, 0.15) is 43.2 Å². The lowest BCUT2D eigenvalue weighted by molar-refractivity contribution is 0.0744. The maximum atomic E-state index is 12.7. The summed E-state index contributed by atoms with van der Waals surface area (Å²) in [5.74, 6) is 0.681. The van der Waals surface area contributed by atoms with Crippen LogP contribution in [-0.2, 0) is 0 Å². The van der Waals surface area contributed by atoms with E-state index in [9.17, 15) is 4.79 Å². The number of amides is 1. The third-order valence-corrected chi connectivity index (χ3v) is 3.68. The topological polar surface area (TPSA) is 45.2 Å². The van der Waals surface area contributed by atoms with Crippen molar-refractivity contribution < 1.29 is 4.79 Å². The molecule has 0 aliphatic carbocycles. The summed E-state index contributed by atoms with van der Waals surface area (Å²) >= 11 is 0. The Morgan fingerprint density at radius 2 is 2.26 bits per heavy atom. The molecule has 1 fully saturated rings. The zero-order valence-corrected chi connectivity index (χ0v) is 12.2. The molecule has 0 aromatic carbocycles. The lowest BCUT2D eigenvalue weighted by atomic mass is 10.1. The molecule has 2 rings (SSSR count). The second-order valence-corrected chi connectivity index (χ2v) is 5.55. The third-order valence-electron chi connectivity index (χ3n) is 3.68. The van der Waals surface area contributed by atoms with Crippen LogP contribution in [-0.4, -0.2) is 34.9 Å². The van der Waals surface area contributed by atoms with Crippen molar-refractivity contribution in [2.24, 2.45) is 5.92 Å². The van der Waals surface area contributed by atoms with E-state index in [1.54, 1.807) is 6.20 Å². The van der Waals surface area contributed by atoms with Crippen LogP contribution in [0.15, 0.2) is 12.3 Å². The number of carbonyl (C=O) groups is 1. The van der Waals surface area contributed by atoms with Gasteiger partial charge in [0, 0.05) is 31.0 Å². The molecule has 0 saturated carbocycles. The van der Waals surface area contributed by atoms with Crippen molar-refractivity contribution in [1.82, 2.24) is 9.88 Å². The zero-order chi connectivity index (χ0) is 14.0. The lowest BCUT2D eigenvalue weighted by Gasteiger charge is -2.23. The summed E-state index contributed by atoms with van der Waals surface area (Å²) in [7, 11) is 0. The first-order valence-electron chi connectivity index (χ1n) is 7.04.